The molecule has 4 aromatic rings. The van der Waals surface area contributed by atoms with E-state index in [-0.39, 0.29) is 85.4 Å². The molecule has 0 amide bonds. The summed E-state index contributed by atoms with van der Waals surface area (Å²) >= 11 is 7.98. The number of aromatic nitrogens is 2. The number of nitrogens with one attached hydrogen (secondary N) is 1. The number of nitrogens with zero attached hydrogens (tertiary/aromatic N) is 5. The summed E-state index contributed by atoms with van der Waals surface area (Å²) in [7, 11) is 0. The van der Waals surface area contributed by atoms with Crippen molar-refractivity contribution in [2.24, 2.45) is 0 Å². The van der Waals surface area contributed by atoms with E-state index in [1.807, 2.05) is 6.07 Å². The van der Waals surface area contributed by atoms with Gasteiger partial charge >= 0.3 is 6.01 Å². The van der Waals surface area contributed by atoms with Gasteiger partial charge < -0.3 is 25.4 Å². The highest BCUT2D eigenvalue weighted by molar-refractivity contribution is 7.23. The van der Waals surface area contributed by atoms with Gasteiger partial charge in [0.2, 0.25) is 0 Å². The van der Waals surface area contributed by atoms with Crippen molar-refractivity contribution in [1.82, 2.24) is 20.2 Å². The number of alkyl halides is 1. The molecule has 2 aromatic heterocycles. The number of hydrogen-bond acceptors (Lipinski definition) is 10. The van der Waals surface area contributed by atoms with Crippen molar-refractivity contribution in [3.63, 3.8) is 0 Å². The van der Waals surface area contributed by atoms with Gasteiger partial charge in [0, 0.05) is 42.5 Å². The lowest BCUT2D eigenvalue weighted by atomic mass is 9.95. The van der Waals surface area contributed by atoms with Crippen molar-refractivity contribution in [3.8, 4) is 29.0 Å². The second-order valence-corrected chi connectivity index (χ2v) is 14.5. The van der Waals surface area contributed by atoms with Crippen LogP contribution in [0, 0.1) is 23.0 Å². The van der Waals surface area contributed by atoms with Gasteiger partial charge in [-0.2, -0.15) is 15.2 Å². The van der Waals surface area contributed by atoms with Crippen LogP contribution in [0.1, 0.15) is 37.7 Å². The number of ether oxygens (including phenoxy) is 2. The van der Waals surface area contributed by atoms with Gasteiger partial charge in [-0.15, -0.1) is 11.3 Å². The number of fused-ring (bicyclic) bond motifs is 7. The van der Waals surface area contributed by atoms with Crippen molar-refractivity contribution in [2.45, 2.75) is 61.9 Å². The lowest BCUT2D eigenvalue weighted by molar-refractivity contribution is 0.107. The van der Waals surface area contributed by atoms with E-state index in [2.05, 4.69) is 20.1 Å². The Morgan fingerprint density at radius 1 is 1.24 bits per heavy atom. The number of nitrogen functional groups attached to an aromatic ring is 1. The number of hydrogen-bond donors (Lipinski definition) is 2. The molecule has 0 saturated carbocycles. The Kier molecular flexibility index (Phi) is 6.36. The summed E-state index contributed by atoms with van der Waals surface area (Å²) in [6, 6.07) is 4.91. The molecule has 46 heavy (non-hydrogen) atoms. The molecule has 0 radical (unpaired) electrons. The van der Waals surface area contributed by atoms with Crippen LogP contribution in [-0.2, 0) is 0 Å². The van der Waals surface area contributed by atoms with Crippen LogP contribution in [-0.4, -0.2) is 77.6 Å². The van der Waals surface area contributed by atoms with E-state index in [0.717, 1.165) is 43.6 Å². The molecule has 9 rings (SSSR count). The molecule has 2 bridgehead atoms. The standard InChI is InChI=1S/C32H29ClF3N7O2S/c33-24-22(16-3-4-18(35)28-21(16)17(9-37)29(38)46-28)25(36)26-23-27(24)44-12-20-19-5-2-15(39-19)11-43(20)30(23)41-31(40-26)45-13-32-6-1-7-42(32)10-14(34)8-32/h3-4,14-15,19-20,39H,1-2,5-8,10-13,38H2/t14-,15-,19+,20+,32+/m1/s1. The van der Waals surface area contributed by atoms with Crippen molar-refractivity contribution >= 4 is 54.7 Å². The first-order valence-corrected chi connectivity index (χ1v) is 16.8. The highest BCUT2D eigenvalue weighted by Gasteiger charge is 2.50. The highest BCUT2D eigenvalue weighted by atomic mass is 35.5. The van der Waals surface area contributed by atoms with Crippen molar-refractivity contribution in [1.29, 1.82) is 5.26 Å². The summed E-state index contributed by atoms with van der Waals surface area (Å²) in [4.78, 5) is 13.8. The lowest BCUT2D eigenvalue weighted by Gasteiger charge is -2.40. The zero-order valence-corrected chi connectivity index (χ0v) is 26.2. The summed E-state index contributed by atoms with van der Waals surface area (Å²) in [6.45, 7) is 2.26. The fourth-order valence-electron chi connectivity index (χ4n) is 8.54. The Balaban J connectivity index is 1.26. The molecular weight excluding hydrogens is 639 g/mol. The molecule has 5 atom stereocenters. The maximum Gasteiger partial charge on any atom is 0.319 e. The molecule has 238 valence electrons. The number of benzene rings is 2. The van der Waals surface area contributed by atoms with E-state index in [9.17, 15) is 14.0 Å². The van der Waals surface area contributed by atoms with Crippen molar-refractivity contribution in [2.75, 3.05) is 43.5 Å². The first-order valence-electron chi connectivity index (χ1n) is 15.6. The van der Waals surface area contributed by atoms with Crippen LogP contribution in [0.4, 0.5) is 24.0 Å². The number of anilines is 2. The molecule has 2 aromatic carbocycles. The van der Waals surface area contributed by atoms with Crippen LogP contribution < -0.4 is 25.4 Å². The lowest BCUT2D eigenvalue weighted by Crippen LogP contribution is -2.60. The van der Waals surface area contributed by atoms with Crippen LogP contribution in [0.5, 0.6) is 11.8 Å². The Bertz CT molecular complexity index is 2000. The van der Waals surface area contributed by atoms with Gasteiger partial charge in [0.05, 0.1) is 32.3 Å². The number of nitriles is 1. The van der Waals surface area contributed by atoms with E-state index in [0.29, 0.717) is 30.7 Å². The largest absolute Gasteiger partial charge is 0.489 e. The Hall–Kier alpha value is -3.57. The monoisotopic (exact) mass is 667 g/mol. The molecule has 4 saturated heterocycles. The average Bonchev–Trinajstić information content (AvgIpc) is 3.76. The first kappa shape index (κ1) is 28.6. The van der Waals surface area contributed by atoms with Crippen LogP contribution in [0.3, 0.4) is 0 Å². The van der Waals surface area contributed by atoms with Gasteiger partial charge in [-0.25, -0.2) is 13.2 Å². The fourth-order valence-corrected chi connectivity index (χ4v) is 9.82. The molecule has 0 spiro atoms. The Labute approximate surface area is 271 Å². The molecule has 4 fully saturated rings. The summed E-state index contributed by atoms with van der Waals surface area (Å²) in [5.74, 6) is -0.660. The summed E-state index contributed by atoms with van der Waals surface area (Å²) in [6.07, 6.45) is 3.16. The third kappa shape index (κ3) is 4.00. The summed E-state index contributed by atoms with van der Waals surface area (Å²) < 4.78 is 59.5. The zero-order chi connectivity index (χ0) is 31.5. The predicted molar refractivity (Wildman–Crippen MR) is 170 cm³/mol. The number of rotatable bonds is 4. The zero-order valence-electron chi connectivity index (χ0n) is 24.6. The van der Waals surface area contributed by atoms with Crippen molar-refractivity contribution in [3.05, 3.63) is 34.4 Å². The molecule has 7 heterocycles. The number of nitrogens with two attached hydrogens (primary N) is 1. The first-order chi connectivity index (χ1) is 22.3. The topological polar surface area (TPSA) is 113 Å². The van der Waals surface area contributed by atoms with Crippen LogP contribution >= 0.6 is 22.9 Å². The molecule has 5 aliphatic heterocycles. The van der Waals surface area contributed by atoms with E-state index in [4.69, 9.17) is 31.8 Å². The smallest absolute Gasteiger partial charge is 0.319 e. The van der Waals surface area contributed by atoms with Crippen molar-refractivity contribution < 1.29 is 22.6 Å². The Morgan fingerprint density at radius 3 is 2.96 bits per heavy atom. The quantitative estimate of drug-likeness (QED) is 0.289. The van der Waals surface area contributed by atoms with Crippen LogP contribution in [0.15, 0.2) is 12.1 Å². The SMILES string of the molecule is N#Cc1c(N)sc2c(F)ccc(-c3c(Cl)c4c5c(nc(OC[C@@]67CCCN6C[C@H](F)C7)nc5c3F)N3C[C@H]5CC[C@H](N5)[C@@H]3CO4)c12. The van der Waals surface area contributed by atoms with Gasteiger partial charge in [-0.1, -0.05) is 17.7 Å². The van der Waals surface area contributed by atoms with E-state index in [1.54, 1.807) is 0 Å². The van der Waals surface area contributed by atoms with Gasteiger partial charge in [-0.05, 0) is 43.9 Å². The number of piperazine rings is 1. The van der Waals surface area contributed by atoms with Crippen LogP contribution in [0.2, 0.25) is 5.02 Å². The summed E-state index contributed by atoms with van der Waals surface area (Å²) in [5, 5.41) is 14.2. The number of halogens is 4. The minimum Gasteiger partial charge on any atom is -0.489 e. The van der Waals surface area contributed by atoms with Gasteiger partial charge in [0.25, 0.3) is 0 Å². The molecule has 3 N–H and O–H groups in total. The van der Waals surface area contributed by atoms with Gasteiger partial charge in [0.1, 0.15) is 47.6 Å². The predicted octanol–water partition coefficient (Wildman–Crippen LogP) is 5.55. The van der Waals surface area contributed by atoms with Gasteiger partial charge in [-0.3, -0.25) is 4.90 Å². The fraction of sp³-hybridized carbons (Fsp3) is 0.469. The second kappa shape index (κ2) is 10.2. The van der Waals surface area contributed by atoms with Crippen LogP contribution in [0.25, 0.3) is 32.1 Å². The van der Waals surface area contributed by atoms with E-state index >= 15 is 4.39 Å². The van der Waals surface area contributed by atoms with E-state index < -0.39 is 23.3 Å². The molecule has 14 heteroatoms. The maximum absolute atomic E-state index is 17.1. The number of thiophene rings is 1. The second-order valence-electron chi connectivity index (χ2n) is 13.1. The Morgan fingerprint density at radius 2 is 2.11 bits per heavy atom. The molecular formula is C32H29ClF3N7O2S. The highest BCUT2D eigenvalue weighted by Crippen LogP contribution is 2.52. The minimum absolute atomic E-state index is 0.0163. The molecule has 0 aliphatic carbocycles. The average molecular weight is 668 g/mol. The minimum atomic E-state index is -0.929. The third-order valence-corrected chi connectivity index (χ3v) is 12.0. The molecule has 9 nitrogen and oxygen atoms in total. The van der Waals surface area contributed by atoms with Gasteiger partial charge in [0.15, 0.2) is 11.6 Å². The molecule has 0 unspecified atom stereocenters. The maximum atomic E-state index is 17.1. The normalized spacial score (nSPS) is 28.3. The summed E-state index contributed by atoms with van der Waals surface area (Å²) in [5.41, 5.74) is 5.77. The molecule has 5 aliphatic rings. The van der Waals surface area contributed by atoms with E-state index in [1.165, 1.54) is 12.1 Å². The third-order valence-electron chi connectivity index (χ3n) is 10.6.